The molecule has 3 aromatic carbocycles. The van der Waals surface area contributed by atoms with Crippen molar-refractivity contribution in [2.75, 3.05) is 11.6 Å². The van der Waals surface area contributed by atoms with Gasteiger partial charge in [0.1, 0.15) is 0 Å². The number of hydrogen-bond donors (Lipinski definition) is 2. The van der Waals surface area contributed by atoms with Crippen molar-refractivity contribution in [3.8, 4) is 22.6 Å². The molecule has 0 bridgehead atoms. The summed E-state index contributed by atoms with van der Waals surface area (Å²) in [6.45, 7) is 1.94. The standard InChI is InChI=1S/C25H19BrN6OS/c1-14-22(18-13-17(26)9-11-19(18)27-23(14)15-6-4-3-5-7-15)25(33)28-20-10-8-16(12-21(20)34-2)24-29-31-32-30-24/h3-13H,1-2H3,(H,28,33)(H,29,30,31,32). The summed E-state index contributed by atoms with van der Waals surface area (Å²) in [6.07, 6.45) is 1.96. The number of pyridine rings is 1. The second-order valence-corrected chi connectivity index (χ2v) is 9.36. The fourth-order valence-corrected chi connectivity index (χ4v) is 4.85. The van der Waals surface area contributed by atoms with E-state index in [4.69, 9.17) is 4.98 Å². The van der Waals surface area contributed by atoms with Gasteiger partial charge in [0.15, 0.2) is 0 Å². The molecular formula is C25H19BrN6OS. The summed E-state index contributed by atoms with van der Waals surface area (Å²) in [5.74, 6) is 0.310. The Morgan fingerprint density at radius 3 is 2.59 bits per heavy atom. The minimum Gasteiger partial charge on any atom is -0.321 e. The smallest absolute Gasteiger partial charge is 0.256 e. The van der Waals surface area contributed by atoms with Gasteiger partial charge in [0.25, 0.3) is 5.91 Å². The van der Waals surface area contributed by atoms with E-state index in [1.807, 2.05) is 79.9 Å². The molecule has 0 spiro atoms. The molecule has 2 N–H and O–H groups in total. The first-order valence-electron chi connectivity index (χ1n) is 10.4. The maximum absolute atomic E-state index is 13.7. The van der Waals surface area contributed by atoms with Crippen LogP contribution in [0, 0.1) is 6.92 Å². The molecule has 0 aliphatic carbocycles. The van der Waals surface area contributed by atoms with Gasteiger partial charge in [-0.2, -0.15) is 5.21 Å². The summed E-state index contributed by atoms with van der Waals surface area (Å²) in [6, 6.07) is 21.4. The van der Waals surface area contributed by atoms with Crippen LogP contribution in [0.5, 0.6) is 0 Å². The van der Waals surface area contributed by atoms with Crippen molar-refractivity contribution in [2.24, 2.45) is 0 Å². The molecule has 168 valence electrons. The molecule has 0 saturated carbocycles. The van der Waals surface area contributed by atoms with Crippen molar-refractivity contribution in [2.45, 2.75) is 11.8 Å². The lowest BCUT2D eigenvalue weighted by atomic mass is 9.97. The topological polar surface area (TPSA) is 96.5 Å². The Bertz CT molecular complexity index is 1510. The van der Waals surface area contributed by atoms with Gasteiger partial charge in [0.2, 0.25) is 5.82 Å². The van der Waals surface area contributed by atoms with E-state index in [0.717, 1.165) is 42.7 Å². The van der Waals surface area contributed by atoms with Gasteiger partial charge in [-0.15, -0.1) is 22.0 Å². The molecule has 0 fully saturated rings. The fraction of sp³-hybridized carbons (Fsp3) is 0.0800. The number of aromatic nitrogens is 5. The van der Waals surface area contributed by atoms with Crippen LogP contribution in [-0.2, 0) is 0 Å². The Kier molecular flexibility index (Phi) is 6.12. The van der Waals surface area contributed by atoms with E-state index >= 15 is 0 Å². The van der Waals surface area contributed by atoms with Crippen molar-refractivity contribution >= 4 is 50.2 Å². The number of amides is 1. The Labute approximate surface area is 208 Å². The molecule has 2 heterocycles. The first-order valence-corrected chi connectivity index (χ1v) is 12.5. The number of tetrazole rings is 1. The van der Waals surface area contributed by atoms with Gasteiger partial charge in [-0.1, -0.05) is 46.3 Å². The number of nitrogens with zero attached hydrogens (tertiary/aromatic N) is 4. The van der Waals surface area contributed by atoms with Crippen molar-refractivity contribution < 1.29 is 4.79 Å². The van der Waals surface area contributed by atoms with Gasteiger partial charge < -0.3 is 5.32 Å². The number of halogens is 1. The first kappa shape index (κ1) is 22.2. The van der Waals surface area contributed by atoms with Crippen LogP contribution in [0.4, 0.5) is 5.69 Å². The lowest BCUT2D eigenvalue weighted by Gasteiger charge is -2.16. The third-order valence-electron chi connectivity index (χ3n) is 5.52. The summed E-state index contributed by atoms with van der Waals surface area (Å²) in [5, 5.41) is 18.1. The molecule has 0 unspecified atom stereocenters. The second-order valence-electron chi connectivity index (χ2n) is 7.59. The van der Waals surface area contributed by atoms with E-state index < -0.39 is 0 Å². The summed E-state index contributed by atoms with van der Waals surface area (Å²) in [7, 11) is 0. The lowest BCUT2D eigenvalue weighted by Crippen LogP contribution is -2.16. The highest BCUT2D eigenvalue weighted by atomic mass is 79.9. The van der Waals surface area contributed by atoms with Crippen molar-refractivity contribution in [1.82, 2.24) is 25.6 Å². The van der Waals surface area contributed by atoms with E-state index in [1.54, 1.807) is 0 Å². The highest BCUT2D eigenvalue weighted by Crippen LogP contribution is 2.34. The van der Waals surface area contributed by atoms with Crippen LogP contribution in [0.1, 0.15) is 15.9 Å². The third kappa shape index (κ3) is 4.20. The number of nitrogens with one attached hydrogen (secondary N) is 2. The van der Waals surface area contributed by atoms with E-state index in [0.29, 0.717) is 17.1 Å². The maximum atomic E-state index is 13.7. The van der Waals surface area contributed by atoms with Gasteiger partial charge in [-0.05, 0) is 60.4 Å². The average molecular weight is 531 g/mol. The number of carbonyl (C=O) groups is 1. The lowest BCUT2D eigenvalue weighted by molar-refractivity contribution is 0.102. The second kappa shape index (κ2) is 9.36. The first-order chi connectivity index (χ1) is 16.5. The summed E-state index contributed by atoms with van der Waals surface area (Å²) < 4.78 is 0.886. The van der Waals surface area contributed by atoms with Crippen LogP contribution in [0.15, 0.2) is 76.1 Å². The van der Waals surface area contributed by atoms with Gasteiger partial charge in [-0.25, -0.2) is 4.98 Å². The van der Waals surface area contributed by atoms with E-state index in [1.165, 1.54) is 11.8 Å². The minimum atomic E-state index is -0.192. The maximum Gasteiger partial charge on any atom is 0.256 e. The predicted molar refractivity (Wildman–Crippen MR) is 139 cm³/mol. The Morgan fingerprint density at radius 2 is 1.85 bits per heavy atom. The zero-order valence-electron chi connectivity index (χ0n) is 18.3. The molecule has 2 aromatic heterocycles. The number of H-pyrrole nitrogens is 1. The molecule has 0 radical (unpaired) electrons. The molecule has 34 heavy (non-hydrogen) atoms. The minimum absolute atomic E-state index is 0.192. The number of aromatic amines is 1. The zero-order valence-corrected chi connectivity index (χ0v) is 20.7. The highest BCUT2D eigenvalue weighted by molar-refractivity contribution is 9.10. The molecule has 5 aromatic rings. The fourth-order valence-electron chi connectivity index (χ4n) is 3.90. The van der Waals surface area contributed by atoms with Crippen LogP contribution in [0.25, 0.3) is 33.5 Å². The normalized spacial score (nSPS) is 11.0. The number of benzene rings is 3. The summed E-state index contributed by atoms with van der Waals surface area (Å²) in [5.41, 5.74) is 5.46. The van der Waals surface area contributed by atoms with Crippen LogP contribution < -0.4 is 5.32 Å². The average Bonchev–Trinajstić information content (AvgIpc) is 3.39. The number of carbonyl (C=O) groups excluding carboxylic acids is 1. The number of hydrogen-bond acceptors (Lipinski definition) is 6. The van der Waals surface area contributed by atoms with Gasteiger partial charge in [-0.3, -0.25) is 4.79 Å². The molecule has 0 aliphatic rings. The molecule has 0 aliphatic heterocycles. The van der Waals surface area contributed by atoms with E-state index in [9.17, 15) is 4.79 Å². The summed E-state index contributed by atoms with van der Waals surface area (Å²) in [4.78, 5) is 19.5. The van der Waals surface area contributed by atoms with Crippen molar-refractivity contribution in [1.29, 1.82) is 0 Å². The van der Waals surface area contributed by atoms with E-state index in [2.05, 4.69) is 41.9 Å². The van der Waals surface area contributed by atoms with Gasteiger partial charge >= 0.3 is 0 Å². The molecular weight excluding hydrogens is 512 g/mol. The zero-order chi connectivity index (χ0) is 23.7. The molecule has 0 atom stereocenters. The number of anilines is 1. The quantitative estimate of drug-likeness (QED) is 0.265. The van der Waals surface area contributed by atoms with Crippen molar-refractivity contribution in [3.05, 3.63) is 82.3 Å². The monoisotopic (exact) mass is 530 g/mol. The molecule has 5 rings (SSSR count). The molecule has 9 heteroatoms. The Hall–Kier alpha value is -3.56. The molecule has 7 nitrogen and oxygen atoms in total. The van der Waals surface area contributed by atoms with Crippen LogP contribution in [-0.4, -0.2) is 37.8 Å². The highest BCUT2D eigenvalue weighted by Gasteiger charge is 2.20. The number of thioether (sulfide) groups is 1. The van der Waals surface area contributed by atoms with Gasteiger partial charge in [0.05, 0.1) is 22.5 Å². The predicted octanol–water partition coefficient (Wildman–Crippen LogP) is 6.13. The Balaban J connectivity index is 1.61. The number of rotatable bonds is 5. The van der Waals surface area contributed by atoms with Crippen LogP contribution in [0.3, 0.4) is 0 Å². The van der Waals surface area contributed by atoms with E-state index in [-0.39, 0.29) is 5.91 Å². The summed E-state index contributed by atoms with van der Waals surface area (Å²) >= 11 is 5.07. The SMILES string of the molecule is CSc1cc(-c2nn[nH]n2)ccc1NC(=O)c1c(C)c(-c2ccccc2)nc2ccc(Br)cc12. The molecule has 1 amide bonds. The van der Waals surface area contributed by atoms with Crippen LogP contribution >= 0.6 is 27.7 Å². The van der Waals surface area contributed by atoms with Gasteiger partial charge in [0, 0.05) is 25.9 Å². The van der Waals surface area contributed by atoms with Crippen LogP contribution in [0.2, 0.25) is 0 Å². The van der Waals surface area contributed by atoms with Crippen molar-refractivity contribution in [3.63, 3.8) is 0 Å². The molecule has 0 saturated heterocycles. The largest absolute Gasteiger partial charge is 0.321 e. The number of fused-ring (bicyclic) bond motifs is 1. The third-order valence-corrected chi connectivity index (χ3v) is 6.79. The Morgan fingerprint density at radius 1 is 1.03 bits per heavy atom.